The van der Waals surface area contributed by atoms with Crippen molar-refractivity contribution in [2.75, 3.05) is 63.1 Å². The lowest BCUT2D eigenvalue weighted by atomic mass is 10.0. The zero-order valence-electron chi connectivity index (χ0n) is 43.5. The average Bonchev–Trinajstić information content (AvgIpc) is 4.29. The minimum Gasteiger partial charge on any atom is -0.377 e. The Labute approximate surface area is 469 Å². The second-order valence-corrected chi connectivity index (χ2v) is 24.5. The highest BCUT2D eigenvalue weighted by molar-refractivity contribution is 7.18. The average molecular weight is 1130 g/mol. The first-order valence-corrected chi connectivity index (χ1v) is 29.8. The van der Waals surface area contributed by atoms with E-state index in [0.717, 1.165) is 67.7 Å². The summed E-state index contributed by atoms with van der Waals surface area (Å²) in [6.45, 7) is 8.82. The van der Waals surface area contributed by atoms with Gasteiger partial charge in [-0.3, -0.25) is 28.8 Å². The fourth-order valence-electron chi connectivity index (χ4n) is 9.73. The number of unbranched alkanes of at least 4 members (excludes halogenated alkanes) is 3. The molecule has 4 aromatic heterocycles. The van der Waals surface area contributed by atoms with Crippen LogP contribution in [0.15, 0.2) is 85.2 Å². The summed E-state index contributed by atoms with van der Waals surface area (Å²) in [6, 6.07) is 22.5. The Kier molecular flexibility index (Phi) is 18.1. The molecule has 0 radical (unpaired) electrons. The number of thiazole rings is 2. The number of thiophene rings is 2. The Bertz CT molecular complexity index is 2870. The second kappa shape index (κ2) is 25.7. The standard InChI is InChI=1S/C56H64N10O8S4/c1-33(67)57-23-35-7-11-37(12-8-35)47-27-61-53(77-47)39-29-65(30-39)55(71)45-15-17-49(75-45)63-51(69)43-21-41(25-59-43)73-19-5-3-4-6-20-74-42-22-44(60-26-42)52(70)64-50-18-16-46(76-50)56(72)66-31-40(32-66)54-62-28-48(78-54)38-13-9-36(10-14-38)24-58-34(2)68/h7-18,27-28,39-44,59-60H,3-6,19-26,29-32H2,1-2H3,(H,57,67)(H,58,68)(H,63,69)(H,64,70)/t41-,42-,43+,44+/m1/s1. The normalized spacial score (nSPS) is 19.3. The molecule has 18 nitrogen and oxygen atoms in total. The fourth-order valence-corrected chi connectivity index (χ4v) is 13.5. The van der Waals surface area contributed by atoms with Gasteiger partial charge < -0.3 is 51.2 Å². The van der Waals surface area contributed by atoms with Crippen molar-refractivity contribution in [3.63, 3.8) is 0 Å². The summed E-state index contributed by atoms with van der Waals surface area (Å²) in [5.41, 5.74) is 4.20. The number of hydrogen-bond acceptors (Lipinski definition) is 16. The van der Waals surface area contributed by atoms with Gasteiger partial charge in [0, 0.05) is 104 Å². The molecule has 4 aliphatic heterocycles. The summed E-state index contributed by atoms with van der Waals surface area (Å²) in [7, 11) is 0. The molecule has 4 fully saturated rings. The first kappa shape index (κ1) is 55.1. The highest BCUT2D eigenvalue weighted by Gasteiger charge is 2.37. The van der Waals surface area contributed by atoms with E-state index in [9.17, 15) is 28.8 Å². The predicted octanol–water partition coefficient (Wildman–Crippen LogP) is 7.44. The maximum absolute atomic E-state index is 13.3. The molecular weight excluding hydrogens is 1070 g/mol. The van der Waals surface area contributed by atoms with E-state index in [1.165, 1.54) is 36.5 Å². The van der Waals surface area contributed by atoms with Gasteiger partial charge in [-0.1, -0.05) is 61.4 Å². The summed E-state index contributed by atoms with van der Waals surface area (Å²) in [5.74, 6) is -0.116. The maximum Gasteiger partial charge on any atom is 0.264 e. The summed E-state index contributed by atoms with van der Waals surface area (Å²) in [4.78, 5) is 91.7. The summed E-state index contributed by atoms with van der Waals surface area (Å²) < 4.78 is 12.3. The van der Waals surface area contributed by atoms with Crippen LogP contribution in [0.25, 0.3) is 20.9 Å². The number of benzene rings is 2. The van der Waals surface area contributed by atoms with Gasteiger partial charge in [-0.05, 0) is 72.2 Å². The molecule has 8 heterocycles. The van der Waals surface area contributed by atoms with E-state index in [4.69, 9.17) is 9.47 Å². The number of carbonyl (C=O) groups is 6. The van der Waals surface area contributed by atoms with E-state index in [1.807, 2.05) is 70.7 Å². The molecule has 6 aromatic rings. The van der Waals surface area contributed by atoms with Gasteiger partial charge in [0.1, 0.15) is 0 Å². The van der Waals surface area contributed by atoms with Crippen molar-refractivity contribution >= 4 is 90.8 Å². The van der Waals surface area contributed by atoms with Crippen LogP contribution in [0.3, 0.4) is 0 Å². The summed E-state index contributed by atoms with van der Waals surface area (Å²) in [5, 5.41) is 21.5. The Morgan fingerprint density at radius 1 is 0.551 bits per heavy atom. The third-order valence-electron chi connectivity index (χ3n) is 14.3. The van der Waals surface area contributed by atoms with Crippen LogP contribution < -0.4 is 31.9 Å². The number of aromatic nitrogens is 2. The number of amides is 6. The Hall–Kier alpha value is -6.24. The molecular formula is C56H64N10O8S4. The third-order valence-corrected chi connectivity index (χ3v) is 18.7. The van der Waals surface area contributed by atoms with Crippen molar-refractivity contribution in [2.24, 2.45) is 0 Å². The van der Waals surface area contributed by atoms with Gasteiger partial charge >= 0.3 is 0 Å². The van der Waals surface area contributed by atoms with E-state index in [-0.39, 0.29) is 71.6 Å². The van der Waals surface area contributed by atoms with E-state index in [1.54, 1.807) is 46.9 Å². The minimum absolute atomic E-state index is 0.0468. The molecule has 4 saturated heterocycles. The van der Waals surface area contributed by atoms with E-state index >= 15 is 0 Å². The smallest absolute Gasteiger partial charge is 0.264 e. The molecule has 0 saturated carbocycles. The van der Waals surface area contributed by atoms with Crippen LogP contribution in [0.2, 0.25) is 0 Å². The van der Waals surface area contributed by atoms with Crippen molar-refractivity contribution in [3.05, 3.63) is 116 Å². The molecule has 410 valence electrons. The number of nitrogens with one attached hydrogen (secondary N) is 6. The first-order valence-electron chi connectivity index (χ1n) is 26.6. The van der Waals surface area contributed by atoms with Gasteiger partial charge in [-0.2, -0.15) is 0 Å². The Balaban J connectivity index is 0.547. The summed E-state index contributed by atoms with van der Waals surface area (Å²) >= 11 is 5.85. The highest BCUT2D eigenvalue weighted by atomic mass is 32.1. The molecule has 22 heteroatoms. The second-order valence-electron chi connectivity index (χ2n) is 20.3. The number of hydrogen-bond donors (Lipinski definition) is 6. The van der Waals surface area contributed by atoms with Crippen molar-refractivity contribution in [1.29, 1.82) is 0 Å². The quantitative estimate of drug-likeness (QED) is 0.0345. The van der Waals surface area contributed by atoms with Crippen LogP contribution in [0.5, 0.6) is 0 Å². The summed E-state index contributed by atoms with van der Waals surface area (Å²) in [6.07, 6.45) is 8.65. The zero-order valence-corrected chi connectivity index (χ0v) is 46.8. The minimum atomic E-state index is -0.374. The van der Waals surface area contributed by atoms with Gasteiger partial charge in [-0.25, -0.2) is 9.97 Å². The van der Waals surface area contributed by atoms with Crippen LogP contribution in [0.4, 0.5) is 10.0 Å². The molecule has 10 rings (SSSR count). The highest BCUT2D eigenvalue weighted by Crippen LogP contribution is 2.38. The van der Waals surface area contributed by atoms with Crippen LogP contribution in [0, 0.1) is 0 Å². The molecule has 4 aliphatic rings. The van der Waals surface area contributed by atoms with Gasteiger partial charge in [0.05, 0.1) is 63.8 Å². The lowest BCUT2D eigenvalue weighted by molar-refractivity contribution is -0.120. The van der Waals surface area contributed by atoms with E-state index < -0.39 is 0 Å². The number of anilines is 2. The molecule has 6 amide bonds. The number of nitrogens with zero attached hydrogens (tertiary/aromatic N) is 4. The van der Waals surface area contributed by atoms with Crippen LogP contribution in [-0.2, 0) is 41.7 Å². The lowest BCUT2D eigenvalue weighted by Crippen LogP contribution is -2.48. The molecule has 2 aromatic carbocycles. The largest absolute Gasteiger partial charge is 0.377 e. The van der Waals surface area contributed by atoms with Gasteiger partial charge in [0.15, 0.2) is 0 Å². The first-order chi connectivity index (χ1) is 37.9. The maximum atomic E-state index is 13.3. The number of ether oxygens (including phenoxy) is 2. The molecule has 78 heavy (non-hydrogen) atoms. The monoisotopic (exact) mass is 1130 g/mol. The fraction of sp³-hybridized carbons (Fsp3) is 0.429. The molecule has 6 N–H and O–H groups in total. The molecule has 0 spiro atoms. The van der Waals surface area contributed by atoms with Crippen LogP contribution >= 0.6 is 45.3 Å². The van der Waals surface area contributed by atoms with Crippen LogP contribution in [-0.4, -0.2) is 132 Å². The van der Waals surface area contributed by atoms with Gasteiger partial charge in [0.2, 0.25) is 23.6 Å². The van der Waals surface area contributed by atoms with E-state index in [0.29, 0.717) is 98.2 Å². The van der Waals surface area contributed by atoms with Crippen molar-refractivity contribution in [3.8, 4) is 20.9 Å². The lowest BCUT2D eigenvalue weighted by Gasteiger charge is -2.37. The third kappa shape index (κ3) is 14.1. The van der Waals surface area contributed by atoms with Crippen LogP contribution in [0.1, 0.15) is 105 Å². The van der Waals surface area contributed by atoms with Crippen molar-refractivity contribution < 1.29 is 38.2 Å². The SMILES string of the molecule is CC(=O)NCc1ccc(-c2cnc(C3CN(C(=O)c4ccc(NC(=O)[C@@H]5C[C@@H](OCCCCCCO[C@H]6CN[C@H](C(=O)Nc7ccc(C(=O)N8CC(c9ncc(-c%10ccc(CNC(C)=O)cc%10)s9)C8)s7)C6)CN5)s4)C3)s2)cc1. The molecule has 0 bridgehead atoms. The molecule has 4 atom stereocenters. The number of rotatable bonds is 23. The topological polar surface area (TPSA) is 225 Å². The van der Waals surface area contributed by atoms with Crippen molar-refractivity contribution in [1.82, 2.24) is 41.0 Å². The molecule has 0 aliphatic carbocycles. The number of carbonyl (C=O) groups excluding carboxylic acids is 6. The van der Waals surface area contributed by atoms with Crippen molar-refractivity contribution in [2.45, 2.75) is 102 Å². The predicted molar refractivity (Wildman–Crippen MR) is 304 cm³/mol. The Morgan fingerprint density at radius 2 is 0.962 bits per heavy atom. The zero-order chi connectivity index (χ0) is 54.1. The van der Waals surface area contributed by atoms with E-state index in [2.05, 4.69) is 41.9 Å². The molecule has 0 unspecified atom stereocenters. The Morgan fingerprint density at radius 3 is 1.36 bits per heavy atom. The van der Waals surface area contributed by atoms with Gasteiger partial charge in [-0.15, -0.1) is 45.3 Å². The van der Waals surface area contributed by atoms with Gasteiger partial charge in [0.25, 0.3) is 11.8 Å². The number of likely N-dealkylation sites (tertiary alicyclic amines) is 2.